The summed E-state index contributed by atoms with van der Waals surface area (Å²) in [7, 11) is -0.369. The van der Waals surface area contributed by atoms with Gasteiger partial charge in [-0.3, -0.25) is 14.4 Å². The van der Waals surface area contributed by atoms with Crippen LogP contribution in [-0.2, 0) is 21.3 Å². The zero-order valence-corrected chi connectivity index (χ0v) is 29.9. The average molecular weight is 687 g/mol. The maximum Gasteiger partial charge on any atom is 0.267 e. The highest BCUT2D eigenvalue weighted by Gasteiger charge is 2.31. The Hall–Kier alpha value is -3.65. The first-order valence-electron chi connectivity index (χ1n) is 16.4. The van der Waals surface area contributed by atoms with E-state index in [1.807, 2.05) is 38.2 Å². The number of hydrogen-bond donors (Lipinski definition) is 2. The Labute approximate surface area is 284 Å². The Kier molecular flexibility index (Phi) is 12.9. The number of aryl methyl sites for hydroxylation is 2. The van der Waals surface area contributed by atoms with Gasteiger partial charge < -0.3 is 28.7 Å². The fraction of sp³-hybridized carbons (Fsp3) is 0.543. The summed E-state index contributed by atoms with van der Waals surface area (Å²) in [6.07, 6.45) is 2.06. The maximum absolute atomic E-state index is 14.4. The molecular weight excluding hydrogens is 636 g/mol. The molecule has 0 saturated heterocycles. The van der Waals surface area contributed by atoms with Gasteiger partial charge in [-0.05, 0) is 89.9 Å². The van der Waals surface area contributed by atoms with Crippen LogP contribution in [-0.4, -0.2) is 93.1 Å². The van der Waals surface area contributed by atoms with E-state index in [2.05, 4.69) is 21.7 Å². The molecule has 0 saturated carbocycles. The minimum atomic E-state index is -4.06. The second-order valence-electron chi connectivity index (χ2n) is 12.8. The number of carbonyl (C=O) groups is 1. The predicted molar refractivity (Wildman–Crippen MR) is 183 cm³/mol. The topological polar surface area (TPSA) is 144 Å². The standard InChI is InChI=1S/C35H50N4O8S/c1-23-19-39(24(2)22-40)35(41)31-18-29(37-48(42,43)34-26(4)36-47-27(34)5)13-16-32(31)46-25(3)10-8-9-17-45-33(23)21-38(6)20-28-11-14-30(44-7)15-12-28/h11-16,18,23-25,33,37,40H,8-10,17,19-22H2,1-7H3/t23-,24+,25-,33+/m0/s1. The first-order chi connectivity index (χ1) is 22.8. The van der Waals surface area contributed by atoms with Gasteiger partial charge in [0.1, 0.15) is 17.2 Å². The van der Waals surface area contributed by atoms with Crippen LogP contribution in [0, 0.1) is 19.8 Å². The van der Waals surface area contributed by atoms with Crippen LogP contribution < -0.4 is 14.2 Å². The third-order valence-electron chi connectivity index (χ3n) is 8.64. The molecule has 1 aliphatic rings. The van der Waals surface area contributed by atoms with Crippen molar-refractivity contribution in [1.29, 1.82) is 0 Å². The number of likely N-dealkylation sites (N-methyl/N-ethyl adjacent to an activating group) is 1. The minimum absolute atomic E-state index is 0.0499. The lowest BCUT2D eigenvalue weighted by Gasteiger charge is -2.36. The van der Waals surface area contributed by atoms with E-state index in [0.717, 1.165) is 30.6 Å². The number of fused-ring (bicyclic) bond motifs is 1. The number of benzene rings is 2. The summed E-state index contributed by atoms with van der Waals surface area (Å²) < 4.78 is 52.3. The third-order valence-corrected chi connectivity index (χ3v) is 10.3. The van der Waals surface area contributed by atoms with Crippen LogP contribution in [0.25, 0.3) is 0 Å². The zero-order valence-electron chi connectivity index (χ0n) is 29.1. The lowest BCUT2D eigenvalue weighted by Crippen LogP contribution is -2.47. The number of nitrogens with one attached hydrogen (secondary N) is 1. The molecule has 1 aromatic heterocycles. The Balaban J connectivity index is 1.63. The van der Waals surface area contributed by atoms with Crippen LogP contribution in [0.15, 0.2) is 51.9 Å². The van der Waals surface area contributed by atoms with Crippen LogP contribution >= 0.6 is 0 Å². The summed E-state index contributed by atoms with van der Waals surface area (Å²) in [5, 5.41) is 14.0. The van der Waals surface area contributed by atoms with Crippen LogP contribution in [0.5, 0.6) is 11.5 Å². The van der Waals surface area contributed by atoms with E-state index < -0.39 is 16.1 Å². The number of carbonyl (C=O) groups excluding carboxylic acids is 1. The molecular formula is C35H50N4O8S. The molecule has 0 aliphatic carbocycles. The molecule has 0 bridgehead atoms. The molecule has 2 N–H and O–H groups in total. The number of hydrogen-bond acceptors (Lipinski definition) is 10. The lowest BCUT2D eigenvalue weighted by atomic mass is 10.0. The fourth-order valence-corrected chi connectivity index (χ4v) is 7.31. The number of methoxy groups -OCH3 is 1. The van der Waals surface area contributed by atoms with Crippen molar-refractivity contribution >= 4 is 21.6 Å². The molecule has 0 fully saturated rings. The smallest absolute Gasteiger partial charge is 0.267 e. The molecule has 0 unspecified atom stereocenters. The minimum Gasteiger partial charge on any atom is -0.497 e. The van der Waals surface area contributed by atoms with Crippen LogP contribution in [0.2, 0.25) is 0 Å². The van der Waals surface area contributed by atoms with Gasteiger partial charge in [-0.25, -0.2) is 8.42 Å². The molecule has 1 aliphatic heterocycles. The van der Waals surface area contributed by atoms with Crippen molar-refractivity contribution < 1.29 is 37.1 Å². The van der Waals surface area contributed by atoms with Crippen molar-refractivity contribution in [2.24, 2.45) is 5.92 Å². The molecule has 4 atom stereocenters. The predicted octanol–water partition coefficient (Wildman–Crippen LogP) is 5.03. The number of anilines is 1. The molecule has 2 heterocycles. The van der Waals surface area contributed by atoms with Crippen molar-refractivity contribution in [3.63, 3.8) is 0 Å². The molecule has 3 aromatic rings. The summed E-state index contributed by atoms with van der Waals surface area (Å²) in [6, 6.07) is 12.1. The number of aliphatic hydroxyl groups excluding tert-OH is 1. The van der Waals surface area contributed by atoms with Crippen LogP contribution in [0.3, 0.4) is 0 Å². The number of aromatic nitrogens is 1. The molecule has 264 valence electrons. The third kappa shape index (κ3) is 9.49. The fourth-order valence-electron chi connectivity index (χ4n) is 5.93. The highest BCUT2D eigenvalue weighted by atomic mass is 32.2. The van der Waals surface area contributed by atoms with E-state index in [0.29, 0.717) is 32.0 Å². The number of ether oxygens (including phenoxy) is 3. The summed E-state index contributed by atoms with van der Waals surface area (Å²) in [5.41, 5.74) is 1.75. The normalized spacial score (nSPS) is 20.5. The second-order valence-corrected chi connectivity index (χ2v) is 14.4. The van der Waals surface area contributed by atoms with E-state index in [1.165, 1.54) is 13.0 Å². The van der Waals surface area contributed by atoms with Crippen molar-refractivity contribution in [2.75, 3.05) is 45.2 Å². The van der Waals surface area contributed by atoms with E-state index in [1.54, 1.807) is 38.0 Å². The van der Waals surface area contributed by atoms with Gasteiger partial charge in [0.2, 0.25) is 0 Å². The SMILES string of the molecule is COc1ccc(CN(C)C[C@H]2OCCCC[C@H](C)Oc3ccc(NS(=O)(=O)c4c(C)noc4C)cc3C(=O)N([C@H](C)CO)C[C@@H]2C)cc1. The number of nitrogens with zero attached hydrogens (tertiary/aromatic N) is 3. The average Bonchev–Trinajstić information content (AvgIpc) is 3.40. The van der Waals surface area contributed by atoms with Gasteiger partial charge in [-0.15, -0.1) is 0 Å². The quantitative estimate of drug-likeness (QED) is 0.298. The van der Waals surface area contributed by atoms with Crippen molar-refractivity contribution in [1.82, 2.24) is 15.0 Å². The lowest BCUT2D eigenvalue weighted by molar-refractivity contribution is -0.0177. The van der Waals surface area contributed by atoms with Gasteiger partial charge in [0, 0.05) is 37.8 Å². The molecule has 1 amide bonds. The van der Waals surface area contributed by atoms with Crippen LogP contribution in [0.1, 0.15) is 67.4 Å². The largest absolute Gasteiger partial charge is 0.497 e. The first kappa shape index (κ1) is 37.2. The van der Waals surface area contributed by atoms with Gasteiger partial charge in [0.25, 0.3) is 15.9 Å². The van der Waals surface area contributed by atoms with E-state index in [9.17, 15) is 18.3 Å². The molecule has 48 heavy (non-hydrogen) atoms. The van der Waals surface area contributed by atoms with E-state index >= 15 is 0 Å². The molecule has 0 radical (unpaired) electrons. The number of amides is 1. The van der Waals surface area contributed by atoms with E-state index in [4.69, 9.17) is 18.7 Å². The van der Waals surface area contributed by atoms with Crippen LogP contribution in [0.4, 0.5) is 5.69 Å². The van der Waals surface area contributed by atoms with Gasteiger partial charge in [-0.1, -0.05) is 24.2 Å². The van der Waals surface area contributed by atoms with Gasteiger partial charge in [0.15, 0.2) is 10.7 Å². The van der Waals surface area contributed by atoms with Gasteiger partial charge >= 0.3 is 0 Å². The molecule has 0 spiro atoms. The maximum atomic E-state index is 14.4. The van der Waals surface area contributed by atoms with Crippen molar-refractivity contribution in [2.45, 2.75) is 83.6 Å². The monoisotopic (exact) mass is 686 g/mol. The molecule has 12 nitrogen and oxygen atoms in total. The summed E-state index contributed by atoms with van der Waals surface area (Å²) in [6.45, 7) is 10.8. The number of rotatable bonds is 10. The Morgan fingerprint density at radius 1 is 1.15 bits per heavy atom. The number of sulfonamides is 1. The number of aliphatic hydroxyl groups is 1. The van der Waals surface area contributed by atoms with E-state index in [-0.39, 0.29) is 58.2 Å². The Morgan fingerprint density at radius 3 is 2.52 bits per heavy atom. The highest BCUT2D eigenvalue weighted by molar-refractivity contribution is 7.92. The summed E-state index contributed by atoms with van der Waals surface area (Å²) >= 11 is 0. The molecule has 13 heteroatoms. The first-order valence-corrected chi connectivity index (χ1v) is 17.9. The van der Waals surface area contributed by atoms with Crippen molar-refractivity contribution in [3.05, 3.63) is 65.0 Å². The summed E-state index contributed by atoms with van der Waals surface area (Å²) in [5.74, 6) is 0.827. The zero-order chi connectivity index (χ0) is 35.0. The van der Waals surface area contributed by atoms with Crippen molar-refractivity contribution in [3.8, 4) is 11.5 Å². The molecule has 4 rings (SSSR count). The van der Waals surface area contributed by atoms with Gasteiger partial charge in [0.05, 0.1) is 37.5 Å². The highest BCUT2D eigenvalue weighted by Crippen LogP contribution is 2.30. The second kappa shape index (κ2) is 16.6. The van der Waals surface area contributed by atoms with Gasteiger partial charge in [-0.2, -0.15) is 0 Å². The Morgan fingerprint density at radius 2 is 1.88 bits per heavy atom. The Bertz CT molecular complexity index is 1590. The molecule has 2 aromatic carbocycles. The summed E-state index contributed by atoms with van der Waals surface area (Å²) in [4.78, 5) is 18.2.